The van der Waals surface area contributed by atoms with Gasteiger partial charge in [-0.05, 0) is 69.1 Å². The first-order valence-electron chi connectivity index (χ1n) is 13.1. The molecule has 1 aromatic heterocycles. The lowest BCUT2D eigenvalue weighted by atomic mass is 9.82. The van der Waals surface area contributed by atoms with Crippen LogP contribution in [0.25, 0.3) is 0 Å². The van der Waals surface area contributed by atoms with Crippen LogP contribution in [0.3, 0.4) is 0 Å². The molecule has 0 radical (unpaired) electrons. The van der Waals surface area contributed by atoms with Crippen LogP contribution in [0, 0.1) is 5.92 Å². The molecule has 1 saturated heterocycles. The third-order valence-corrected chi connectivity index (χ3v) is 6.57. The van der Waals surface area contributed by atoms with Crippen molar-refractivity contribution in [2.24, 2.45) is 5.92 Å². The Morgan fingerprint density at radius 1 is 1.16 bits per heavy atom. The van der Waals surface area contributed by atoms with E-state index in [0.29, 0.717) is 43.1 Å². The zero-order chi connectivity index (χ0) is 28.1. The summed E-state index contributed by atoms with van der Waals surface area (Å²) in [6.07, 6.45) is 5.20. The lowest BCUT2D eigenvalue weighted by Crippen LogP contribution is -2.42. The number of urea groups is 1. The second kappa shape index (κ2) is 11.9. The molecular formula is C29H42N4O5. The van der Waals surface area contributed by atoms with Crippen LogP contribution in [0.1, 0.15) is 71.1 Å². The van der Waals surface area contributed by atoms with Gasteiger partial charge in [-0.15, -0.1) is 0 Å². The Balaban J connectivity index is 1.81. The summed E-state index contributed by atoms with van der Waals surface area (Å²) in [5.74, 6) is 0.891. The molecule has 3 N–H and O–H groups in total. The maximum absolute atomic E-state index is 12.9. The number of methoxy groups -OCH3 is 1. The van der Waals surface area contributed by atoms with Crippen LogP contribution in [0.5, 0.6) is 11.5 Å². The van der Waals surface area contributed by atoms with Crippen LogP contribution >= 0.6 is 0 Å². The van der Waals surface area contributed by atoms with Gasteiger partial charge in [-0.1, -0.05) is 26.8 Å². The van der Waals surface area contributed by atoms with Crippen molar-refractivity contribution in [3.63, 3.8) is 0 Å². The largest absolute Gasteiger partial charge is 0.505 e. The number of phenols is 1. The minimum Gasteiger partial charge on any atom is -0.505 e. The molecule has 1 aromatic carbocycles. The first-order chi connectivity index (χ1) is 17.8. The fourth-order valence-corrected chi connectivity index (χ4v) is 4.56. The lowest BCUT2D eigenvalue weighted by Gasteiger charge is -2.34. The quantitative estimate of drug-likeness (QED) is 0.422. The zero-order valence-electron chi connectivity index (χ0n) is 23.7. The number of benzene rings is 1. The van der Waals surface area contributed by atoms with E-state index in [0.717, 1.165) is 24.0 Å². The van der Waals surface area contributed by atoms with E-state index in [-0.39, 0.29) is 23.2 Å². The average Bonchev–Trinajstić information content (AvgIpc) is 2.84. The Kier molecular flexibility index (Phi) is 9.12. The molecule has 9 nitrogen and oxygen atoms in total. The minimum atomic E-state index is -0.536. The summed E-state index contributed by atoms with van der Waals surface area (Å²) in [4.78, 5) is 31.2. The SMILES string of the molecule is COc1cc(C(C)(C)C)c(O)c(NC(=O)NCc2cccnc2)c1CC1CCN(C(=O)OC(C)(C)C)CC1. The summed E-state index contributed by atoms with van der Waals surface area (Å²) >= 11 is 0. The average molecular weight is 527 g/mol. The van der Waals surface area contributed by atoms with E-state index < -0.39 is 11.6 Å². The van der Waals surface area contributed by atoms with Gasteiger partial charge in [0.15, 0.2) is 0 Å². The molecule has 1 fully saturated rings. The van der Waals surface area contributed by atoms with Crippen molar-refractivity contribution in [3.8, 4) is 11.5 Å². The van der Waals surface area contributed by atoms with Gasteiger partial charge in [0.1, 0.15) is 17.1 Å². The molecule has 38 heavy (non-hydrogen) atoms. The molecule has 208 valence electrons. The highest BCUT2D eigenvalue weighted by atomic mass is 16.6. The van der Waals surface area contributed by atoms with Crippen LogP contribution in [0.2, 0.25) is 0 Å². The van der Waals surface area contributed by atoms with Gasteiger partial charge in [0.25, 0.3) is 0 Å². The summed E-state index contributed by atoms with van der Waals surface area (Å²) in [6, 6.07) is 5.12. The van der Waals surface area contributed by atoms with Gasteiger partial charge in [0.2, 0.25) is 0 Å². The summed E-state index contributed by atoms with van der Waals surface area (Å²) in [6.45, 7) is 13.1. The molecule has 2 aromatic rings. The smallest absolute Gasteiger partial charge is 0.410 e. The number of amides is 3. The lowest BCUT2D eigenvalue weighted by molar-refractivity contribution is 0.0184. The van der Waals surface area contributed by atoms with Gasteiger partial charge in [-0.3, -0.25) is 4.98 Å². The molecule has 0 saturated carbocycles. The number of carbonyl (C=O) groups is 2. The Morgan fingerprint density at radius 2 is 1.84 bits per heavy atom. The molecule has 1 aliphatic rings. The molecule has 9 heteroatoms. The van der Waals surface area contributed by atoms with Crippen molar-refractivity contribution < 1.29 is 24.2 Å². The van der Waals surface area contributed by atoms with Gasteiger partial charge < -0.3 is 30.1 Å². The van der Waals surface area contributed by atoms with Crippen LogP contribution in [-0.2, 0) is 23.1 Å². The minimum absolute atomic E-state index is 0.0380. The number of nitrogens with one attached hydrogen (secondary N) is 2. The normalized spacial score (nSPS) is 14.7. The zero-order valence-corrected chi connectivity index (χ0v) is 23.7. The van der Waals surface area contributed by atoms with Gasteiger partial charge >= 0.3 is 12.1 Å². The number of carbonyl (C=O) groups excluding carboxylic acids is 2. The fraction of sp³-hybridized carbons (Fsp3) is 0.552. The third kappa shape index (κ3) is 7.76. The summed E-state index contributed by atoms with van der Waals surface area (Å²) in [5.41, 5.74) is 1.73. The highest BCUT2D eigenvalue weighted by molar-refractivity contribution is 5.93. The number of rotatable bonds is 6. The number of likely N-dealkylation sites (tertiary alicyclic amines) is 1. The van der Waals surface area contributed by atoms with E-state index in [4.69, 9.17) is 9.47 Å². The van der Waals surface area contributed by atoms with Crippen molar-refractivity contribution >= 4 is 17.8 Å². The predicted octanol–water partition coefficient (Wildman–Crippen LogP) is 5.60. The number of anilines is 1. The van der Waals surface area contributed by atoms with Gasteiger partial charge in [0, 0.05) is 43.2 Å². The van der Waals surface area contributed by atoms with Crippen molar-refractivity contribution in [3.05, 3.63) is 47.3 Å². The van der Waals surface area contributed by atoms with Crippen molar-refractivity contribution in [2.45, 2.75) is 78.4 Å². The Labute approximate surface area is 225 Å². The van der Waals surface area contributed by atoms with Gasteiger partial charge in [-0.2, -0.15) is 0 Å². The Morgan fingerprint density at radius 3 is 2.39 bits per heavy atom. The van der Waals surface area contributed by atoms with E-state index in [1.54, 1.807) is 24.4 Å². The van der Waals surface area contributed by atoms with Crippen LogP contribution in [-0.4, -0.2) is 52.9 Å². The van der Waals surface area contributed by atoms with E-state index >= 15 is 0 Å². The maximum Gasteiger partial charge on any atom is 0.410 e. The van der Waals surface area contributed by atoms with E-state index in [2.05, 4.69) is 15.6 Å². The molecule has 0 spiro atoms. The second-order valence-corrected chi connectivity index (χ2v) is 11.9. The first-order valence-corrected chi connectivity index (χ1v) is 13.1. The maximum atomic E-state index is 12.9. The molecule has 3 amide bonds. The summed E-state index contributed by atoms with van der Waals surface area (Å²) < 4.78 is 11.3. The predicted molar refractivity (Wildman–Crippen MR) is 148 cm³/mol. The number of nitrogens with zero attached hydrogens (tertiary/aromatic N) is 2. The highest BCUT2D eigenvalue weighted by Crippen LogP contribution is 2.44. The van der Waals surface area contributed by atoms with Crippen molar-refractivity contribution in [1.82, 2.24) is 15.2 Å². The van der Waals surface area contributed by atoms with Gasteiger partial charge in [-0.25, -0.2) is 9.59 Å². The monoisotopic (exact) mass is 526 g/mol. The van der Waals surface area contributed by atoms with Crippen molar-refractivity contribution in [2.75, 3.05) is 25.5 Å². The number of ether oxygens (including phenoxy) is 2. The number of aromatic hydroxyl groups is 1. The van der Waals surface area contributed by atoms with Gasteiger partial charge in [0.05, 0.1) is 12.8 Å². The Hall–Kier alpha value is -3.49. The number of hydrogen-bond acceptors (Lipinski definition) is 6. The first kappa shape index (κ1) is 29.1. The molecule has 0 bridgehead atoms. The standard InChI is InChI=1S/C29H42N4O5/c1-28(2,3)22-16-23(37-7)21(15-19-10-13-33(14-11-19)27(36)38-29(4,5)6)24(25(22)34)32-26(35)31-18-20-9-8-12-30-17-20/h8-9,12,16-17,19,34H,10-11,13-15,18H2,1-7H3,(H2,31,32,35). The number of piperidine rings is 1. The fourth-order valence-electron chi connectivity index (χ4n) is 4.56. The highest BCUT2D eigenvalue weighted by Gasteiger charge is 2.31. The molecule has 0 atom stereocenters. The van der Waals surface area contributed by atoms with Crippen LogP contribution in [0.4, 0.5) is 15.3 Å². The van der Waals surface area contributed by atoms with Crippen LogP contribution in [0.15, 0.2) is 30.6 Å². The molecular weight excluding hydrogens is 484 g/mol. The van der Waals surface area contributed by atoms with Crippen LogP contribution < -0.4 is 15.4 Å². The second-order valence-electron chi connectivity index (χ2n) is 11.9. The number of phenolic OH excluding ortho intramolecular Hbond substituents is 1. The van der Waals surface area contributed by atoms with E-state index in [1.807, 2.05) is 59.7 Å². The van der Waals surface area contributed by atoms with E-state index in [1.165, 1.54) is 0 Å². The summed E-state index contributed by atoms with van der Waals surface area (Å²) in [7, 11) is 1.60. The molecule has 1 aliphatic heterocycles. The topological polar surface area (TPSA) is 113 Å². The number of hydrogen-bond donors (Lipinski definition) is 3. The molecule has 3 rings (SSSR count). The van der Waals surface area contributed by atoms with Crippen molar-refractivity contribution in [1.29, 1.82) is 0 Å². The summed E-state index contributed by atoms with van der Waals surface area (Å²) in [5, 5.41) is 17.1. The molecule has 2 heterocycles. The third-order valence-electron chi connectivity index (χ3n) is 6.57. The number of pyridine rings is 1. The molecule has 0 aliphatic carbocycles. The number of aromatic nitrogens is 1. The molecule has 0 unspecified atom stereocenters. The Bertz CT molecular complexity index is 1110. The van der Waals surface area contributed by atoms with E-state index in [9.17, 15) is 14.7 Å².